The van der Waals surface area contributed by atoms with Gasteiger partial charge >= 0.3 is 0 Å². The summed E-state index contributed by atoms with van der Waals surface area (Å²) in [5, 5.41) is 3.05. The van der Waals surface area contributed by atoms with E-state index in [2.05, 4.69) is 15.3 Å². The molecule has 5 nitrogen and oxygen atoms in total. The standard InChI is InChI=1S/C21H18N4O/c1-15(16-7-3-2-4-8-16)23-21(26)19-20(17-10-12-22-13-11-17)25-14-6-5-9-18(25)24-19/h2-15H,1H3,(H,23,26)/t15-/m1/s1. The first-order chi connectivity index (χ1) is 12.7. The van der Waals surface area contributed by atoms with E-state index in [0.29, 0.717) is 5.69 Å². The Bertz CT molecular complexity index is 1040. The van der Waals surface area contributed by atoms with Gasteiger partial charge in [0.1, 0.15) is 5.65 Å². The van der Waals surface area contributed by atoms with Gasteiger partial charge in [-0.25, -0.2) is 4.98 Å². The van der Waals surface area contributed by atoms with Crippen LogP contribution in [-0.4, -0.2) is 20.3 Å². The fourth-order valence-electron chi connectivity index (χ4n) is 3.03. The second-order valence-electron chi connectivity index (χ2n) is 6.08. The third-order valence-corrected chi connectivity index (χ3v) is 4.35. The number of aromatic nitrogens is 3. The number of imidazole rings is 1. The molecule has 4 rings (SSSR count). The van der Waals surface area contributed by atoms with E-state index in [-0.39, 0.29) is 11.9 Å². The Kier molecular flexibility index (Phi) is 4.19. The Morgan fingerprint density at radius 2 is 1.73 bits per heavy atom. The Morgan fingerprint density at radius 1 is 1.00 bits per heavy atom. The molecule has 0 saturated heterocycles. The van der Waals surface area contributed by atoms with Gasteiger partial charge in [0.15, 0.2) is 5.69 Å². The molecule has 3 heterocycles. The van der Waals surface area contributed by atoms with Crippen molar-refractivity contribution in [2.75, 3.05) is 0 Å². The van der Waals surface area contributed by atoms with Gasteiger partial charge in [-0.3, -0.25) is 14.2 Å². The van der Waals surface area contributed by atoms with E-state index in [1.54, 1.807) is 12.4 Å². The molecule has 0 aliphatic carbocycles. The summed E-state index contributed by atoms with van der Waals surface area (Å²) in [5.41, 5.74) is 3.86. The molecular formula is C21H18N4O. The van der Waals surface area contributed by atoms with Crippen LogP contribution in [0.5, 0.6) is 0 Å². The minimum absolute atomic E-state index is 0.112. The van der Waals surface area contributed by atoms with Gasteiger partial charge in [0.2, 0.25) is 0 Å². The predicted octanol–water partition coefficient (Wildman–Crippen LogP) is 3.89. The van der Waals surface area contributed by atoms with E-state index in [1.165, 1.54) is 0 Å². The van der Waals surface area contributed by atoms with Gasteiger partial charge in [-0.05, 0) is 36.8 Å². The number of pyridine rings is 2. The molecule has 1 N–H and O–H groups in total. The smallest absolute Gasteiger partial charge is 0.272 e. The quantitative estimate of drug-likeness (QED) is 0.612. The molecule has 0 bridgehead atoms. The van der Waals surface area contributed by atoms with Crippen molar-refractivity contribution in [1.29, 1.82) is 0 Å². The third-order valence-electron chi connectivity index (χ3n) is 4.35. The second-order valence-corrected chi connectivity index (χ2v) is 6.08. The number of rotatable bonds is 4. The average Bonchev–Trinajstić information content (AvgIpc) is 3.09. The molecule has 26 heavy (non-hydrogen) atoms. The van der Waals surface area contributed by atoms with Crippen molar-refractivity contribution in [3.05, 3.63) is 90.5 Å². The molecule has 1 aromatic carbocycles. The van der Waals surface area contributed by atoms with E-state index < -0.39 is 0 Å². The van der Waals surface area contributed by atoms with Crippen LogP contribution in [0.4, 0.5) is 0 Å². The molecule has 0 aliphatic rings. The number of carbonyl (C=O) groups excluding carboxylic acids is 1. The lowest BCUT2D eigenvalue weighted by molar-refractivity contribution is 0.0936. The number of nitrogens with zero attached hydrogens (tertiary/aromatic N) is 3. The molecule has 0 saturated carbocycles. The van der Waals surface area contributed by atoms with E-state index in [9.17, 15) is 4.79 Å². The second kappa shape index (κ2) is 6.80. The Labute approximate surface area is 151 Å². The number of carbonyl (C=O) groups is 1. The maximum absolute atomic E-state index is 13.0. The summed E-state index contributed by atoms with van der Waals surface area (Å²) in [6.45, 7) is 1.97. The summed E-state index contributed by atoms with van der Waals surface area (Å²) in [5.74, 6) is -0.197. The van der Waals surface area contributed by atoms with Gasteiger partial charge in [0, 0.05) is 24.2 Å². The van der Waals surface area contributed by atoms with Gasteiger partial charge in [-0.1, -0.05) is 36.4 Å². The summed E-state index contributed by atoms with van der Waals surface area (Å²) in [6, 6.07) is 19.3. The zero-order valence-corrected chi connectivity index (χ0v) is 14.3. The lowest BCUT2D eigenvalue weighted by Gasteiger charge is -2.14. The summed E-state index contributed by atoms with van der Waals surface area (Å²) in [4.78, 5) is 21.6. The number of hydrogen-bond donors (Lipinski definition) is 1. The number of nitrogens with one attached hydrogen (secondary N) is 1. The van der Waals surface area contributed by atoms with Crippen LogP contribution in [0.1, 0.15) is 29.0 Å². The van der Waals surface area contributed by atoms with Crippen LogP contribution in [-0.2, 0) is 0 Å². The maximum Gasteiger partial charge on any atom is 0.272 e. The third kappa shape index (κ3) is 2.95. The van der Waals surface area contributed by atoms with E-state index >= 15 is 0 Å². The van der Waals surface area contributed by atoms with Crippen molar-refractivity contribution >= 4 is 11.6 Å². The largest absolute Gasteiger partial charge is 0.344 e. The van der Waals surface area contributed by atoms with Crippen LogP contribution in [0, 0.1) is 0 Å². The topological polar surface area (TPSA) is 59.3 Å². The van der Waals surface area contributed by atoms with Crippen molar-refractivity contribution in [2.45, 2.75) is 13.0 Å². The molecule has 0 radical (unpaired) electrons. The highest BCUT2D eigenvalue weighted by Crippen LogP contribution is 2.25. The van der Waals surface area contributed by atoms with Gasteiger partial charge in [-0.15, -0.1) is 0 Å². The van der Waals surface area contributed by atoms with E-state index in [1.807, 2.05) is 78.2 Å². The fourth-order valence-corrected chi connectivity index (χ4v) is 3.03. The lowest BCUT2D eigenvalue weighted by Crippen LogP contribution is -2.27. The van der Waals surface area contributed by atoms with Crippen LogP contribution in [0.25, 0.3) is 16.9 Å². The van der Waals surface area contributed by atoms with Crippen LogP contribution >= 0.6 is 0 Å². The van der Waals surface area contributed by atoms with Gasteiger partial charge in [-0.2, -0.15) is 0 Å². The molecule has 3 aromatic heterocycles. The molecule has 0 unspecified atom stereocenters. The lowest BCUT2D eigenvalue weighted by atomic mass is 10.1. The molecule has 128 valence electrons. The number of hydrogen-bond acceptors (Lipinski definition) is 3. The first-order valence-electron chi connectivity index (χ1n) is 8.47. The summed E-state index contributed by atoms with van der Waals surface area (Å²) >= 11 is 0. The molecule has 5 heteroatoms. The van der Waals surface area contributed by atoms with E-state index in [0.717, 1.165) is 22.5 Å². The average molecular weight is 342 g/mol. The highest BCUT2D eigenvalue weighted by atomic mass is 16.2. The van der Waals surface area contributed by atoms with Gasteiger partial charge < -0.3 is 5.32 Å². The predicted molar refractivity (Wildman–Crippen MR) is 101 cm³/mol. The monoisotopic (exact) mass is 342 g/mol. The van der Waals surface area contributed by atoms with Crippen LogP contribution in [0.15, 0.2) is 79.3 Å². The van der Waals surface area contributed by atoms with Crippen LogP contribution < -0.4 is 5.32 Å². The number of benzene rings is 1. The van der Waals surface area contributed by atoms with Gasteiger partial charge in [0.25, 0.3) is 5.91 Å². The zero-order valence-electron chi connectivity index (χ0n) is 14.3. The van der Waals surface area contributed by atoms with Crippen LogP contribution in [0.3, 0.4) is 0 Å². The first-order valence-corrected chi connectivity index (χ1v) is 8.47. The van der Waals surface area contributed by atoms with Crippen molar-refractivity contribution in [2.24, 2.45) is 0 Å². The molecule has 0 fully saturated rings. The Hall–Kier alpha value is -3.47. The molecule has 1 atom stereocenters. The van der Waals surface area contributed by atoms with Gasteiger partial charge in [0.05, 0.1) is 11.7 Å². The normalized spacial score (nSPS) is 12.0. The molecular weight excluding hydrogens is 324 g/mol. The summed E-state index contributed by atoms with van der Waals surface area (Å²) < 4.78 is 1.93. The number of fused-ring (bicyclic) bond motifs is 1. The summed E-state index contributed by atoms with van der Waals surface area (Å²) in [7, 11) is 0. The minimum atomic E-state index is -0.197. The molecule has 0 aliphatic heterocycles. The zero-order chi connectivity index (χ0) is 17.9. The SMILES string of the molecule is C[C@@H](NC(=O)c1nc2ccccn2c1-c1ccncc1)c1ccccc1. The van der Waals surface area contributed by atoms with Crippen LogP contribution in [0.2, 0.25) is 0 Å². The first kappa shape index (κ1) is 16.0. The molecule has 4 aromatic rings. The Balaban J connectivity index is 1.75. The van der Waals surface area contributed by atoms with Crippen molar-refractivity contribution in [1.82, 2.24) is 19.7 Å². The van der Waals surface area contributed by atoms with E-state index in [4.69, 9.17) is 0 Å². The Morgan fingerprint density at radius 3 is 2.50 bits per heavy atom. The molecule has 1 amide bonds. The van der Waals surface area contributed by atoms with Crippen molar-refractivity contribution in [3.8, 4) is 11.3 Å². The summed E-state index contributed by atoms with van der Waals surface area (Å²) in [6.07, 6.45) is 5.34. The number of amides is 1. The fraction of sp³-hybridized carbons (Fsp3) is 0.0952. The van der Waals surface area contributed by atoms with Crippen molar-refractivity contribution in [3.63, 3.8) is 0 Å². The van der Waals surface area contributed by atoms with Crippen molar-refractivity contribution < 1.29 is 4.79 Å². The molecule has 0 spiro atoms. The maximum atomic E-state index is 13.0. The minimum Gasteiger partial charge on any atom is -0.344 e. The highest BCUT2D eigenvalue weighted by molar-refractivity contribution is 5.99. The highest BCUT2D eigenvalue weighted by Gasteiger charge is 2.21.